The van der Waals surface area contributed by atoms with Crippen molar-refractivity contribution in [2.45, 2.75) is 6.10 Å². The summed E-state index contributed by atoms with van der Waals surface area (Å²) in [7, 11) is 0. The van der Waals surface area contributed by atoms with Crippen LogP contribution in [-0.2, 0) is 4.79 Å². The van der Waals surface area contributed by atoms with Crippen molar-refractivity contribution in [3.8, 4) is 5.75 Å². The van der Waals surface area contributed by atoms with Crippen LogP contribution in [0.3, 0.4) is 0 Å². The van der Waals surface area contributed by atoms with Crippen LogP contribution in [0.4, 0.5) is 0 Å². The Morgan fingerprint density at radius 2 is 1.64 bits per heavy atom. The van der Waals surface area contributed by atoms with E-state index in [0.717, 1.165) is 0 Å². The molecule has 0 aliphatic rings. The molecular weight excluding hydrogens is 206 g/mol. The van der Waals surface area contributed by atoms with E-state index in [9.17, 15) is 4.79 Å². The van der Waals surface area contributed by atoms with Crippen LogP contribution >= 0.6 is 0 Å². The van der Waals surface area contributed by atoms with E-state index in [4.69, 9.17) is 15.3 Å². The van der Waals surface area contributed by atoms with E-state index < -0.39 is 12.1 Å². The summed E-state index contributed by atoms with van der Waals surface area (Å²) < 4.78 is 0. The van der Waals surface area contributed by atoms with Crippen molar-refractivity contribution in [3.63, 3.8) is 0 Å². The summed E-state index contributed by atoms with van der Waals surface area (Å²) >= 11 is 0. The monoisotopic (exact) mass is 216 g/mol. The maximum absolute atomic E-state index is 10.3. The molecule has 68 valence electrons. The maximum Gasteiger partial charge on any atom is 1.00 e. The minimum atomic E-state index is -1.52. The number of hydrogen-bond donors (Lipinski definition) is 3. The molecule has 1 aromatic carbocycles. The minimum absolute atomic E-state index is 0. The molecule has 1 rings (SSSR count). The number of carbonyl (C=O) groups is 1. The molecule has 6 heteroatoms. The van der Waals surface area contributed by atoms with E-state index in [2.05, 4.69) is 0 Å². The number of rotatable bonds is 2. The number of aromatic hydroxyl groups is 1. The number of hydrogen-bond acceptors (Lipinski definition) is 3. The van der Waals surface area contributed by atoms with E-state index in [0.29, 0.717) is 0 Å². The van der Waals surface area contributed by atoms with Gasteiger partial charge in [-0.15, -0.1) is 0 Å². The Morgan fingerprint density at radius 1 is 1.21 bits per heavy atom. The van der Waals surface area contributed by atoms with Gasteiger partial charge in [0.2, 0.25) is 0 Å². The number of aliphatic hydroxyl groups is 1. The third-order valence-corrected chi connectivity index (χ3v) is 1.44. The fourth-order valence-corrected chi connectivity index (χ4v) is 0.799. The van der Waals surface area contributed by atoms with Crippen LogP contribution in [0.15, 0.2) is 24.3 Å². The van der Waals surface area contributed by atoms with Gasteiger partial charge in [-0.1, -0.05) is 12.1 Å². The Morgan fingerprint density at radius 3 is 2.00 bits per heavy atom. The van der Waals surface area contributed by atoms with Crippen LogP contribution in [-0.4, -0.2) is 21.3 Å². The van der Waals surface area contributed by atoms with Crippen molar-refractivity contribution < 1.29 is 82.1 Å². The van der Waals surface area contributed by atoms with Crippen LogP contribution in [0, 0.1) is 0 Å². The van der Waals surface area contributed by atoms with Crippen molar-refractivity contribution in [2.24, 2.45) is 0 Å². The quantitative estimate of drug-likeness (QED) is 0.432. The zero-order chi connectivity index (χ0) is 9.14. The first-order valence-electron chi connectivity index (χ1n) is 3.31. The number of benzene rings is 1. The SMILES string of the molecule is O=C(O)[C@H](O)c1ccc(O)cc1.[H-].[H-].[Na+].[Na+]. The van der Waals surface area contributed by atoms with Gasteiger partial charge in [-0.2, -0.15) is 0 Å². The van der Waals surface area contributed by atoms with Gasteiger partial charge < -0.3 is 18.2 Å². The van der Waals surface area contributed by atoms with E-state index in [1.165, 1.54) is 24.3 Å². The Hall–Kier alpha value is 0.450. The van der Waals surface area contributed by atoms with Gasteiger partial charge >= 0.3 is 65.1 Å². The summed E-state index contributed by atoms with van der Waals surface area (Å²) in [5.74, 6) is -1.27. The summed E-state index contributed by atoms with van der Waals surface area (Å²) in [6, 6.07) is 5.35. The second-order valence-electron chi connectivity index (χ2n) is 2.33. The van der Waals surface area contributed by atoms with Crippen molar-refractivity contribution in [2.75, 3.05) is 0 Å². The van der Waals surface area contributed by atoms with E-state index in [-0.39, 0.29) is 73.3 Å². The summed E-state index contributed by atoms with van der Waals surface area (Å²) in [5.41, 5.74) is 0.250. The molecule has 1 aromatic rings. The number of phenols is 1. The van der Waals surface area contributed by atoms with Crippen LogP contribution < -0.4 is 59.1 Å². The molecule has 4 nitrogen and oxygen atoms in total. The first-order valence-corrected chi connectivity index (χ1v) is 3.31. The van der Waals surface area contributed by atoms with Gasteiger partial charge in [0.25, 0.3) is 0 Å². The second-order valence-corrected chi connectivity index (χ2v) is 2.33. The Balaban J connectivity index is -0.000000180. The number of carboxylic acid groups (broad SMARTS) is 1. The average molecular weight is 216 g/mol. The summed E-state index contributed by atoms with van der Waals surface area (Å²) in [6.07, 6.45) is -1.52. The number of carboxylic acids is 1. The van der Waals surface area contributed by atoms with Gasteiger partial charge in [0.1, 0.15) is 5.75 Å². The van der Waals surface area contributed by atoms with Gasteiger partial charge in [-0.05, 0) is 17.7 Å². The molecule has 0 amide bonds. The molecule has 0 bridgehead atoms. The summed E-state index contributed by atoms with van der Waals surface area (Å²) in [6.45, 7) is 0. The van der Waals surface area contributed by atoms with E-state index >= 15 is 0 Å². The van der Waals surface area contributed by atoms with Gasteiger partial charge in [-0.3, -0.25) is 0 Å². The van der Waals surface area contributed by atoms with Crippen LogP contribution in [0.5, 0.6) is 5.75 Å². The molecule has 1 atom stereocenters. The maximum atomic E-state index is 10.3. The number of aliphatic carboxylic acids is 1. The number of phenolic OH excluding ortho intramolecular Hbond substituents is 1. The zero-order valence-corrected chi connectivity index (χ0v) is 12.1. The first kappa shape index (κ1) is 16.9. The zero-order valence-electron chi connectivity index (χ0n) is 10.1. The molecule has 0 spiro atoms. The Labute approximate surface area is 129 Å². The summed E-state index contributed by atoms with van der Waals surface area (Å²) in [5, 5.41) is 26.2. The van der Waals surface area contributed by atoms with E-state index in [1.54, 1.807) is 0 Å². The third-order valence-electron chi connectivity index (χ3n) is 1.44. The predicted molar refractivity (Wildman–Crippen MR) is 42.9 cm³/mol. The third kappa shape index (κ3) is 4.79. The molecule has 0 fully saturated rings. The van der Waals surface area contributed by atoms with Crippen molar-refractivity contribution in [1.29, 1.82) is 0 Å². The fraction of sp³-hybridized carbons (Fsp3) is 0.125. The first-order chi connectivity index (χ1) is 5.61. The largest absolute Gasteiger partial charge is 1.00 e. The minimum Gasteiger partial charge on any atom is -1.00 e. The normalized spacial score (nSPS) is 10.6. The average Bonchev–Trinajstić information content (AvgIpc) is 2.04. The Bertz CT molecular complexity index is 295. The van der Waals surface area contributed by atoms with Gasteiger partial charge in [-0.25, -0.2) is 4.79 Å². The van der Waals surface area contributed by atoms with Crippen molar-refractivity contribution in [3.05, 3.63) is 29.8 Å². The number of aliphatic hydroxyl groups excluding tert-OH is 1. The fourth-order valence-electron chi connectivity index (χ4n) is 0.799. The smallest absolute Gasteiger partial charge is 1.00 e. The molecule has 0 aliphatic heterocycles. The molecule has 14 heavy (non-hydrogen) atoms. The molecule has 0 radical (unpaired) electrons. The van der Waals surface area contributed by atoms with Gasteiger partial charge in [0, 0.05) is 0 Å². The molecule has 0 heterocycles. The standard InChI is InChI=1S/C8H8O4.2Na.2H/c9-6-3-1-5(2-4-6)7(10)8(11)12;;;;/h1-4,7,9-10H,(H,11,12);;;;/q;2*+1;2*-1/t7-;;;;/m1..../s1. The summed E-state index contributed by atoms with van der Waals surface area (Å²) in [4.78, 5) is 10.3. The van der Waals surface area contributed by atoms with Crippen molar-refractivity contribution in [1.82, 2.24) is 0 Å². The van der Waals surface area contributed by atoms with Gasteiger partial charge in [0.15, 0.2) is 6.10 Å². The van der Waals surface area contributed by atoms with Gasteiger partial charge in [0.05, 0.1) is 0 Å². The molecular formula is C8H10Na2O4. The molecule has 0 saturated carbocycles. The molecule has 0 unspecified atom stereocenters. The van der Waals surface area contributed by atoms with Crippen LogP contribution in [0.25, 0.3) is 0 Å². The van der Waals surface area contributed by atoms with Crippen LogP contribution in [0.1, 0.15) is 14.5 Å². The van der Waals surface area contributed by atoms with Crippen molar-refractivity contribution >= 4 is 5.97 Å². The molecule has 0 aliphatic carbocycles. The molecule has 0 saturated heterocycles. The molecule has 0 aromatic heterocycles. The van der Waals surface area contributed by atoms with Crippen LogP contribution in [0.2, 0.25) is 0 Å². The topological polar surface area (TPSA) is 77.8 Å². The molecule has 3 N–H and O–H groups in total. The van der Waals surface area contributed by atoms with E-state index in [1.807, 2.05) is 0 Å². The Kier molecular flexibility index (Phi) is 9.28. The predicted octanol–water partition coefficient (Wildman–Crippen LogP) is -5.26. The second kappa shape index (κ2) is 7.70.